The molecule has 2 heterocycles. The van der Waals surface area contributed by atoms with E-state index in [1.807, 2.05) is 56.4 Å². The number of thiazole rings is 1. The zero-order chi connectivity index (χ0) is 20.5. The molecular weight excluding hydrogens is 509 g/mol. The van der Waals surface area contributed by atoms with Crippen LogP contribution in [0.15, 0.2) is 59.0 Å². The molecule has 1 aromatic carbocycles. The molecule has 0 radical (unpaired) electrons. The third-order valence-corrected chi connectivity index (χ3v) is 5.05. The molecule has 0 spiro atoms. The Labute approximate surface area is 199 Å². The van der Waals surface area contributed by atoms with Gasteiger partial charge in [-0.05, 0) is 25.5 Å². The lowest BCUT2D eigenvalue weighted by molar-refractivity contribution is 0.290. The van der Waals surface area contributed by atoms with Crippen molar-refractivity contribution in [3.05, 3.63) is 75.9 Å². The Morgan fingerprint density at radius 2 is 2.00 bits per heavy atom. The van der Waals surface area contributed by atoms with Crippen molar-refractivity contribution < 1.29 is 4.74 Å². The number of nitrogens with zero attached hydrogens (tertiary/aromatic N) is 4. The van der Waals surface area contributed by atoms with Crippen LogP contribution in [0.1, 0.15) is 28.8 Å². The Bertz CT molecular complexity index is 932. The Morgan fingerprint density at radius 3 is 2.70 bits per heavy atom. The number of hydrogen-bond donors (Lipinski definition) is 1. The molecule has 0 atom stereocenters. The molecule has 3 rings (SSSR count). The first-order valence-electron chi connectivity index (χ1n) is 9.66. The number of ether oxygens (including phenoxy) is 1. The second kappa shape index (κ2) is 12.5. The first-order chi connectivity index (χ1) is 14.2. The number of hydrogen-bond acceptors (Lipinski definition) is 5. The van der Waals surface area contributed by atoms with Crippen LogP contribution >= 0.6 is 35.3 Å². The summed E-state index contributed by atoms with van der Waals surface area (Å²) >= 11 is 1.66. The highest BCUT2D eigenvalue weighted by atomic mass is 127. The number of rotatable bonds is 8. The molecule has 8 heteroatoms. The van der Waals surface area contributed by atoms with E-state index in [1.165, 1.54) is 0 Å². The van der Waals surface area contributed by atoms with E-state index in [0.29, 0.717) is 25.6 Å². The highest BCUT2D eigenvalue weighted by Gasteiger charge is 2.10. The summed E-state index contributed by atoms with van der Waals surface area (Å²) in [5.41, 5.74) is 3.12. The predicted octanol–water partition coefficient (Wildman–Crippen LogP) is 4.64. The summed E-state index contributed by atoms with van der Waals surface area (Å²) in [6.07, 6.45) is 1.75. The summed E-state index contributed by atoms with van der Waals surface area (Å²) in [6.45, 7) is 6.56. The van der Waals surface area contributed by atoms with Crippen LogP contribution in [0.5, 0.6) is 5.88 Å². The predicted molar refractivity (Wildman–Crippen MR) is 134 cm³/mol. The fourth-order valence-corrected chi connectivity index (χ4v) is 3.43. The molecule has 0 unspecified atom stereocenters. The summed E-state index contributed by atoms with van der Waals surface area (Å²) < 4.78 is 5.95. The lowest BCUT2D eigenvalue weighted by Gasteiger charge is -2.21. The van der Waals surface area contributed by atoms with Gasteiger partial charge in [-0.15, -0.1) is 35.3 Å². The van der Waals surface area contributed by atoms with Crippen LogP contribution in [0.3, 0.4) is 0 Å². The third-order valence-electron chi connectivity index (χ3n) is 4.23. The zero-order valence-electron chi connectivity index (χ0n) is 17.5. The standard InChI is InChI=1S/C22H27N5OS.HI/c1-4-23-22(27(3)14-20-16-29-17(2)26-20)25-13-19-11-8-12-24-21(19)28-15-18-9-6-5-7-10-18;/h5-12,16H,4,13-15H2,1-3H3,(H,23,25);1H. The van der Waals surface area contributed by atoms with Crippen LogP contribution in [-0.2, 0) is 19.7 Å². The maximum absolute atomic E-state index is 5.95. The van der Waals surface area contributed by atoms with Crippen molar-refractivity contribution in [2.45, 2.75) is 33.5 Å². The number of aliphatic imine (C=N–C) groups is 1. The smallest absolute Gasteiger partial charge is 0.218 e. The van der Waals surface area contributed by atoms with Gasteiger partial charge in [0.2, 0.25) is 5.88 Å². The van der Waals surface area contributed by atoms with Gasteiger partial charge in [-0.1, -0.05) is 36.4 Å². The van der Waals surface area contributed by atoms with Gasteiger partial charge in [-0.3, -0.25) is 0 Å². The van der Waals surface area contributed by atoms with Crippen LogP contribution in [0.2, 0.25) is 0 Å². The van der Waals surface area contributed by atoms with E-state index >= 15 is 0 Å². The van der Waals surface area contributed by atoms with Crippen molar-refractivity contribution in [1.29, 1.82) is 0 Å². The molecule has 1 N–H and O–H groups in total. The van der Waals surface area contributed by atoms with Gasteiger partial charge in [-0.25, -0.2) is 15.0 Å². The molecule has 2 aromatic heterocycles. The van der Waals surface area contributed by atoms with Gasteiger partial charge in [0, 0.05) is 30.7 Å². The second-order valence-electron chi connectivity index (χ2n) is 6.63. The molecule has 30 heavy (non-hydrogen) atoms. The summed E-state index contributed by atoms with van der Waals surface area (Å²) in [5, 5.41) is 6.51. The molecule has 0 aliphatic heterocycles. The number of aryl methyl sites for hydroxylation is 1. The van der Waals surface area contributed by atoms with Crippen LogP contribution in [0.4, 0.5) is 0 Å². The van der Waals surface area contributed by atoms with E-state index in [2.05, 4.69) is 32.5 Å². The van der Waals surface area contributed by atoms with E-state index in [9.17, 15) is 0 Å². The minimum atomic E-state index is 0. The topological polar surface area (TPSA) is 62.6 Å². The minimum absolute atomic E-state index is 0. The summed E-state index contributed by atoms with van der Waals surface area (Å²) in [7, 11) is 2.02. The molecule has 160 valence electrons. The fraction of sp³-hybridized carbons (Fsp3) is 0.318. The average Bonchev–Trinajstić information content (AvgIpc) is 3.15. The lowest BCUT2D eigenvalue weighted by atomic mass is 10.2. The van der Waals surface area contributed by atoms with Gasteiger partial charge in [0.25, 0.3) is 0 Å². The molecule has 0 fully saturated rings. The van der Waals surface area contributed by atoms with Gasteiger partial charge in [0.15, 0.2) is 5.96 Å². The number of nitrogens with one attached hydrogen (secondary N) is 1. The maximum Gasteiger partial charge on any atom is 0.218 e. The first kappa shape index (κ1) is 24.1. The van der Waals surface area contributed by atoms with E-state index in [4.69, 9.17) is 9.73 Å². The molecule has 0 aliphatic rings. The molecule has 0 amide bonds. The van der Waals surface area contributed by atoms with Crippen LogP contribution in [0.25, 0.3) is 0 Å². The molecule has 0 saturated carbocycles. The summed E-state index contributed by atoms with van der Waals surface area (Å²) in [5.74, 6) is 1.45. The van der Waals surface area contributed by atoms with E-state index < -0.39 is 0 Å². The van der Waals surface area contributed by atoms with E-state index in [-0.39, 0.29) is 24.0 Å². The summed E-state index contributed by atoms with van der Waals surface area (Å²) in [4.78, 5) is 15.8. The Balaban J connectivity index is 0.00000320. The Hall–Kier alpha value is -2.20. The fourth-order valence-electron chi connectivity index (χ4n) is 2.83. The lowest BCUT2D eigenvalue weighted by Crippen LogP contribution is -2.38. The number of halogens is 1. The number of benzene rings is 1. The SMILES string of the molecule is CCNC(=NCc1cccnc1OCc1ccccc1)N(C)Cc1csc(C)n1.I. The zero-order valence-corrected chi connectivity index (χ0v) is 20.7. The molecular formula is C22H28IN5OS. The first-order valence-corrected chi connectivity index (χ1v) is 10.5. The Morgan fingerprint density at radius 1 is 1.20 bits per heavy atom. The highest BCUT2D eigenvalue weighted by molar-refractivity contribution is 14.0. The van der Waals surface area contributed by atoms with Gasteiger partial charge in [0.05, 0.1) is 23.8 Å². The molecule has 6 nitrogen and oxygen atoms in total. The van der Waals surface area contributed by atoms with Crippen molar-refractivity contribution in [2.75, 3.05) is 13.6 Å². The Kier molecular flexibility index (Phi) is 10.0. The number of pyridine rings is 1. The second-order valence-corrected chi connectivity index (χ2v) is 7.69. The van der Waals surface area contributed by atoms with Crippen molar-refractivity contribution in [3.63, 3.8) is 0 Å². The molecule has 3 aromatic rings. The quantitative estimate of drug-likeness (QED) is 0.258. The van der Waals surface area contributed by atoms with Crippen LogP contribution < -0.4 is 10.1 Å². The monoisotopic (exact) mass is 537 g/mol. The van der Waals surface area contributed by atoms with Crippen molar-refractivity contribution >= 4 is 41.3 Å². The average molecular weight is 537 g/mol. The molecule has 0 saturated heterocycles. The largest absolute Gasteiger partial charge is 0.473 e. The van der Waals surface area contributed by atoms with E-state index in [1.54, 1.807) is 17.5 Å². The van der Waals surface area contributed by atoms with Gasteiger partial charge < -0.3 is 15.0 Å². The van der Waals surface area contributed by atoms with E-state index in [0.717, 1.165) is 34.3 Å². The third kappa shape index (κ3) is 7.24. The van der Waals surface area contributed by atoms with Crippen molar-refractivity contribution in [1.82, 2.24) is 20.2 Å². The highest BCUT2D eigenvalue weighted by Crippen LogP contribution is 2.17. The van der Waals surface area contributed by atoms with Gasteiger partial charge in [-0.2, -0.15) is 0 Å². The number of aromatic nitrogens is 2. The van der Waals surface area contributed by atoms with Gasteiger partial charge in [0.1, 0.15) is 6.61 Å². The number of guanidine groups is 1. The van der Waals surface area contributed by atoms with Crippen molar-refractivity contribution in [2.24, 2.45) is 4.99 Å². The molecule has 0 aliphatic carbocycles. The normalized spacial score (nSPS) is 11.0. The summed E-state index contributed by atoms with van der Waals surface area (Å²) in [6, 6.07) is 14.0. The molecule has 0 bridgehead atoms. The van der Waals surface area contributed by atoms with Crippen molar-refractivity contribution in [3.8, 4) is 5.88 Å². The van der Waals surface area contributed by atoms with Gasteiger partial charge >= 0.3 is 0 Å². The maximum atomic E-state index is 5.95. The minimum Gasteiger partial charge on any atom is -0.473 e. The van der Waals surface area contributed by atoms with Crippen LogP contribution in [0, 0.1) is 6.92 Å². The van der Waals surface area contributed by atoms with Crippen LogP contribution in [-0.4, -0.2) is 34.4 Å².